The lowest BCUT2D eigenvalue weighted by atomic mass is 10.3. The largest absolute Gasteiger partial charge is 0.459 e. The first-order chi connectivity index (χ1) is 7.88. The smallest absolute Gasteiger partial charge is 0.240 e. The summed E-state index contributed by atoms with van der Waals surface area (Å²) in [6, 6.07) is 0. The van der Waals surface area contributed by atoms with Crippen LogP contribution in [0.2, 0.25) is 0 Å². The highest BCUT2D eigenvalue weighted by atomic mass is 16.7. The molecule has 0 aromatic carbocycles. The van der Waals surface area contributed by atoms with Crippen LogP contribution in [0.15, 0.2) is 48.0 Å². The molecule has 0 atom stereocenters. The third-order valence-corrected chi connectivity index (χ3v) is 2.56. The molecule has 0 amide bonds. The summed E-state index contributed by atoms with van der Waals surface area (Å²) in [5.74, 6) is 2.01. The van der Waals surface area contributed by atoms with Gasteiger partial charge in [-0.1, -0.05) is 31.2 Å². The Hall–Kier alpha value is -1.44. The van der Waals surface area contributed by atoms with E-state index in [0.29, 0.717) is 0 Å². The minimum atomic E-state index is -0.137. The second-order valence-electron chi connectivity index (χ2n) is 3.98. The highest BCUT2D eigenvalue weighted by Crippen LogP contribution is 2.21. The van der Waals surface area contributed by atoms with Gasteiger partial charge in [0.2, 0.25) is 6.29 Å². The lowest BCUT2D eigenvalue weighted by Crippen LogP contribution is -2.16. The zero-order valence-corrected chi connectivity index (χ0v) is 9.69. The van der Waals surface area contributed by atoms with E-state index in [1.807, 2.05) is 24.3 Å². The van der Waals surface area contributed by atoms with Crippen molar-refractivity contribution in [3.05, 3.63) is 48.0 Å². The molecule has 16 heavy (non-hydrogen) atoms. The minimum absolute atomic E-state index is 0.137. The highest BCUT2D eigenvalue weighted by molar-refractivity contribution is 5.19. The molecule has 0 aromatic heterocycles. The molecule has 2 aliphatic carbocycles. The van der Waals surface area contributed by atoms with E-state index in [0.717, 1.165) is 37.2 Å². The van der Waals surface area contributed by atoms with E-state index >= 15 is 0 Å². The number of hydrogen-bond acceptors (Lipinski definition) is 2. The minimum Gasteiger partial charge on any atom is -0.459 e. The standard InChI is InChI=1S/C14H18O2/c1-2-7-14(15-12-8-3-4-9-12)16-13-10-5-6-11-13/h3-6,8,10,14H,2,7,9,11H2,1H3. The number of ether oxygens (including phenoxy) is 2. The van der Waals surface area contributed by atoms with Gasteiger partial charge in [0, 0.05) is 19.3 Å². The molecule has 0 bridgehead atoms. The molecule has 86 valence electrons. The normalized spacial score (nSPS) is 17.9. The van der Waals surface area contributed by atoms with Crippen LogP contribution in [0.4, 0.5) is 0 Å². The molecule has 0 aromatic rings. The van der Waals surface area contributed by atoms with Crippen molar-refractivity contribution in [2.24, 2.45) is 0 Å². The molecule has 0 spiro atoms. The predicted octanol–water partition coefficient (Wildman–Crippen LogP) is 3.83. The average molecular weight is 218 g/mol. The Morgan fingerprint density at radius 1 is 1.06 bits per heavy atom. The van der Waals surface area contributed by atoms with Crippen LogP contribution < -0.4 is 0 Å². The van der Waals surface area contributed by atoms with Gasteiger partial charge in [-0.15, -0.1) is 0 Å². The van der Waals surface area contributed by atoms with E-state index < -0.39 is 0 Å². The van der Waals surface area contributed by atoms with E-state index in [2.05, 4.69) is 19.1 Å². The maximum absolute atomic E-state index is 5.82. The summed E-state index contributed by atoms with van der Waals surface area (Å²) in [5, 5.41) is 0. The topological polar surface area (TPSA) is 18.5 Å². The maximum Gasteiger partial charge on any atom is 0.240 e. The van der Waals surface area contributed by atoms with Crippen LogP contribution in [0, 0.1) is 0 Å². The summed E-state index contributed by atoms with van der Waals surface area (Å²) >= 11 is 0. The Morgan fingerprint density at radius 2 is 1.62 bits per heavy atom. The van der Waals surface area contributed by atoms with Gasteiger partial charge in [-0.05, 0) is 18.6 Å². The molecule has 0 saturated carbocycles. The van der Waals surface area contributed by atoms with Crippen molar-refractivity contribution in [3.8, 4) is 0 Å². The van der Waals surface area contributed by atoms with Gasteiger partial charge >= 0.3 is 0 Å². The van der Waals surface area contributed by atoms with E-state index in [4.69, 9.17) is 9.47 Å². The number of rotatable bonds is 6. The maximum atomic E-state index is 5.82. The molecule has 0 N–H and O–H groups in total. The van der Waals surface area contributed by atoms with E-state index in [1.54, 1.807) is 0 Å². The van der Waals surface area contributed by atoms with Gasteiger partial charge in [-0.25, -0.2) is 0 Å². The second-order valence-corrected chi connectivity index (χ2v) is 3.98. The quantitative estimate of drug-likeness (QED) is 0.631. The van der Waals surface area contributed by atoms with Crippen LogP contribution in [0.1, 0.15) is 32.6 Å². The number of hydrogen-bond donors (Lipinski definition) is 0. The zero-order valence-electron chi connectivity index (χ0n) is 9.69. The van der Waals surface area contributed by atoms with Gasteiger partial charge < -0.3 is 9.47 Å². The highest BCUT2D eigenvalue weighted by Gasteiger charge is 2.15. The SMILES string of the molecule is CCCC(OC1=CC=CC1)OC1=CC=CC1. The lowest BCUT2D eigenvalue weighted by Gasteiger charge is -2.21. The van der Waals surface area contributed by atoms with Crippen molar-refractivity contribution in [1.29, 1.82) is 0 Å². The van der Waals surface area contributed by atoms with Crippen LogP contribution >= 0.6 is 0 Å². The molecule has 0 aliphatic heterocycles. The third kappa shape index (κ3) is 3.02. The van der Waals surface area contributed by atoms with E-state index in [1.165, 1.54) is 0 Å². The van der Waals surface area contributed by atoms with Crippen molar-refractivity contribution in [1.82, 2.24) is 0 Å². The predicted molar refractivity (Wildman–Crippen MR) is 64.5 cm³/mol. The summed E-state index contributed by atoms with van der Waals surface area (Å²) in [5.41, 5.74) is 0. The molecular formula is C14H18O2. The van der Waals surface area contributed by atoms with Crippen LogP contribution in [0.5, 0.6) is 0 Å². The Labute approximate surface area is 96.9 Å². The summed E-state index contributed by atoms with van der Waals surface area (Å²) in [4.78, 5) is 0. The van der Waals surface area contributed by atoms with Crippen molar-refractivity contribution >= 4 is 0 Å². The van der Waals surface area contributed by atoms with Gasteiger partial charge in [0.1, 0.15) is 11.5 Å². The van der Waals surface area contributed by atoms with Gasteiger partial charge in [0.25, 0.3) is 0 Å². The molecule has 2 rings (SSSR count). The molecule has 2 aliphatic rings. The van der Waals surface area contributed by atoms with Gasteiger partial charge in [0.05, 0.1) is 0 Å². The van der Waals surface area contributed by atoms with Gasteiger partial charge in [0.15, 0.2) is 0 Å². The van der Waals surface area contributed by atoms with Crippen molar-refractivity contribution in [2.45, 2.75) is 38.9 Å². The summed E-state index contributed by atoms with van der Waals surface area (Å²) in [6.07, 6.45) is 15.9. The summed E-state index contributed by atoms with van der Waals surface area (Å²) in [6.45, 7) is 2.14. The van der Waals surface area contributed by atoms with Gasteiger partial charge in [-0.2, -0.15) is 0 Å². The van der Waals surface area contributed by atoms with Crippen molar-refractivity contribution in [2.75, 3.05) is 0 Å². The zero-order chi connectivity index (χ0) is 11.2. The van der Waals surface area contributed by atoms with Crippen LogP contribution in [-0.4, -0.2) is 6.29 Å². The first kappa shape index (κ1) is 11.1. The Balaban J connectivity index is 1.84. The molecule has 0 fully saturated rings. The van der Waals surface area contributed by atoms with Crippen LogP contribution in [0.25, 0.3) is 0 Å². The molecule has 0 heterocycles. The fraction of sp³-hybridized carbons (Fsp3) is 0.429. The van der Waals surface area contributed by atoms with Crippen LogP contribution in [-0.2, 0) is 9.47 Å². The average Bonchev–Trinajstić information content (AvgIpc) is 2.91. The third-order valence-electron chi connectivity index (χ3n) is 2.56. The van der Waals surface area contributed by atoms with E-state index in [-0.39, 0.29) is 6.29 Å². The lowest BCUT2D eigenvalue weighted by molar-refractivity contribution is -0.0919. The fourth-order valence-electron chi connectivity index (χ4n) is 1.75. The molecule has 0 radical (unpaired) electrons. The Bertz CT molecular complexity index is 316. The molecule has 0 saturated heterocycles. The summed E-state index contributed by atoms with van der Waals surface area (Å²) in [7, 11) is 0. The first-order valence-electron chi connectivity index (χ1n) is 5.93. The molecule has 2 heteroatoms. The number of allylic oxidation sites excluding steroid dienone is 6. The fourth-order valence-corrected chi connectivity index (χ4v) is 1.75. The monoisotopic (exact) mass is 218 g/mol. The Morgan fingerprint density at radius 3 is 2.00 bits per heavy atom. The summed E-state index contributed by atoms with van der Waals surface area (Å²) < 4.78 is 11.6. The second kappa shape index (κ2) is 5.59. The molecule has 0 unspecified atom stereocenters. The van der Waals surface area contributed by atoms with Crippen molar-refractivity contribution in [3.63, 3.8) is 0 Å². The van der Waals surface area contributed by atoms with Crippen molar-refractivity contribution < 1.29 is 9.47 Å². The van der Waals surface area contributed by atoms with Gasteiger partial charge in [-0.3, -0.25) is 0 Å². The Kier molecular flexibility index (Phi) is 3.86. The van der Waals surface area contributed by atoms with Crippen LogP contribution in [0.3, 0.4) is 0 Å². The molecular weight excluding hydrogens is 200 g/mol. The van der Waals surface area contributed by atoms with E-state index in [9.17, 15) is 0 Å². The first-order valence-corrected chi connectivity index (χ1v) is 5.93. The molecule has 2 nitrogen and oxygen atoms in total.